The third-order valence-corrected chi connectivity index (χ3v) is 3.22. The summed E-state index contributed by atoms with van der Waals surface area (Å²) in [4.78, 5) is 1.00. The van der Waals surface area contributed by atoms with Crippen LogP contribution in [0.1, 0.15) is 30.7 Å². The average molecular weight is 215 g/mol. The maximum atomic E-state index is 8.76. The SMILES string of the molecule is N#CC1=CCC(c2ccc(S)cc2)CC1. The zero-order chi connectivity index (χ0) is 10.7. The van der Waals surface area contributed by atoms with Gasteiger partial charge in [-0.1, -0.05) is 18.2 Å². The highest BCUT2D eigenvalue weighted by atomic mass is 32.1. The minimum Gasteiger partial charge on any atom is -0.193 e. The Morgan fingerprint density at radius 1 is 1.27 bits per heavy atom. The van der Waals surface area contributed by atoms with E-state index >= 15 is 0 Å². The van der Waals surface area contributed by atoms with Crippen molar-refractivity contribution in [3.05, 3.63) is 41.5 Å². The van der Waals surface area contributed by atoms with Gasteiger partial charge in [0.25, 0.3) is 0 Å². The Balaban J connectivity index is 2.12. The van der Waals surface area contributed by atoms with E-state index in [0.29, 0.717) is 5.92 Å². The summed E-state index contributed by atoms with van der Waals surface area (Å²) in [6.07, 6.45) is 5.08. The minimum absolute atomic E-state index is 0.580. The minimum atomic E-state index is 0.580. The first-order valence-electron chi connectivity index (χ1n) is 5.17. The lowest BCUT2D eigenvalue weighted by Gasteiger charge is -2.19. The summed E-state index contributed by atoms with van der Waals surface area (Å²) in [5.41, 5.74) is 2.30. The molecule has 1 unspecified atom stereocenters. The van der Waals surface area contributed by atoms with Crippen LogP contribution in [0.5, 0.6) is 0 Å². The van der Waals surface area contributed by atoms with Crippen LogP contribution in [-0.4, -0.2) is 0 Å². The van der Waals surface area contributed by atoms with Crippen LogP contribution in [0.4, 0.5) is 0 Å². The zero-order valence-corrected chi connectivity index (χ0v) is 9.37. The molecular formula is C13H13NS. The van der Waals surface area contributed by atoms with Crippen LogP contribution in [-0.2, 0) is 0 Å². The summed E-state index contributed by atoms with van der Waals surface area (Å²) < 4.78 is 0. The third-order valence-electron chi connectivity index (χ3n) is 2.92. The van der Waals surface area contributed by atoms with E-state index in [2.05, 4.69) is 36.9 Å². The van der Waals surface area contributed by atoms with Crippen LogP contribution in [0.25, 0.3) is 0 Å². The number of nitriles is 1. The van der Waals surface area contributed by atoms with Crippen LogP contribution in [0.3, 0.4) is 0 Å². The fourth-order valence-corrected chi connectivity index (χ4v) is 2.13. The molecule has 0 saturated heterocycles. The van der Waals surface area contributed by atoms with Crippen molar-refractivity contribution in [2.45, 2.75) is 30.1 Å². The van der Waals surface area contributed by atoms with Crippen molar-refractivity contribution in [3.8, 4) is 6.07 Å². The Morgan fingerprint density at radius 3 is 2.53 bits per heavy atom. The van der Waals surface area contributed by atoms with E-state index < -0.39 is 0 Å². The molecule has 0 fully saturated rings. The second-order valence-electron chi connectivity index (χ2n) is 3.90. The average Bonchev–Trinajstić information content (AvgIpc) is 2.30. The fourth-order valence-electron chi connectivity index (χ4n) is 1.98. The van der Waals surface area contributed by atoms with Gasteiger partial charge >= 0.3 is 0 Å². The van der Waals surface area contributed by atoms with Crippen LogP contribution < -0.4 is 0 Å². The topological polar surface area (TPSA) is 23.8 Å². The molecule has 1 atom stereocenters. The number of benzene rings is 1. The van der Waals surface area contributed by atoms with E-state index in [9.17, 15) is 0 Å². The van der Waals surface area contributed by atoms with Gasteiger partial charge in [-0.05, 0) is 42.9 Å². The van der Waals surface area contributed by atoms with Gasteiger partial charge in [0, 0.05) is 10.5 Å². The van der Waals surface area contributed by atoms with Gasteiger partial charge in [-0.3, -0.25) is 0 Å². The molecule has 0 N–H and O–H groups in total. The molecule has 1 aliphatic carbocycles. The molecule has 0 amide bonds. The van der Waals surface area contributed by atoms with Crippen LogP contribution in [0.15, 0.2) is 40.8 Å². The number of thiol groups is 1. The number of rotatable bonds is 1. The first-order valence-corrected chi connectivity index (χ1v) is 5.62. The van der Waals surface area contributed by atoms with E-state index in [-0.39, 0.29) is 0 Å². The van der Waals surface area contributed by atoms with Crippen molar-refractivity contribution in [1.29, 1.82) is 5.26 Å². The third kappa shape index (κ3) is 2.43. The van der Waals surface area contributed by atoms with E-state index in [1.165, 1.54) is 5.56 Å². The van der Waals surface area contributed by atoms with E-state index in [1.807, 2.05) is 12.1 Å². The van der Waals surface area contributed by atoms with Crippen LogP contribution >= 0.6 is 12.6 Å². The molecule has 1 nitrogen and oxygen atoms in total. The Kier molecular flexibility index (Phi) is 3.13. The van der Waals surface area contributed by atoms with E-state index in [0.717, 1.165) is 29.7 Å². The Morgan fingerprint density at radius 2 is 2.00 bits per heavy atom. The predicted molar refractivity (Wildman–Crippen MR) is 64.0 cm³/mol. The zero-order valence-electron chi connectivity index (χ0n) is 8.48. The van der Waals surface area contributed by atoms with Gasteiger partial charge in [0.2, 0.25) is 0 Å². The molecule has 0 radical (unpaired) electrons. The summed E-state index contributed by atoms with van der Waals surface area (Å²) in [5.74, 6) is 0.580. The molecule has 1 aromatic rings. The number of hydrogen-bond acceptors (Lipinski definition) is 2. The smallest absolute Gasteiger partial charge is 0.0943 e. The molecule has 76 valence electrons. The maximum Gasteiger partial charge on any atom is 0.0943 e. The molecule has 0 aliphatic heterocycles. The van der Waals surface area contributed by atoms with E-state index in [4.69, 9.17) is 5.26 Å². The first kappa shape index (κ1) is 10.3. The monoisotopic (exact) mass is 215 g/mol. The van der Waals surface area contributed by atoms with Crippen molar-refractivity contribution >= 4 is 12.6 Å². The van der Waals surface area contributed by atoms with Gasteiger partial charge in [0.15, 0.2) is 0 Å². The molecule has 0 aromatic heterocycles. The standard InChI is InChI=1S/C13H13NS/c14-9-10-1-3-11(4-2-10)12-5-7-13(15)8-6-12/h1,5-8,11,15H,2-4H2. The Bertz CT molecular complexity index is 411. The summed E-state index contributed by atoms with van der Waals surface area (Å²) >= 11 is 4.27. The molecule has 2 heteroatoms. The first-order chi connectivity index (χ1) is 7.29. The number of hydrogen-bond donors (Lipinski definition) is 1. The van der Waals surface area contributed by atoms with Crippen LogP contribution in [0.2, 0.25) is 0 Å². The number of nitrogens with zero attached hydrogens (tertiary/aromatic N) is 1. The molecule has 2 rings (SSSR count). The Labute approximate surface area is 95.8 Å². The lowest BCUT2D eigenvalue weighted by atomic mass is 9.85. The fraction of sp³-hybridized carbons (Fsp3) is 0.308. The largest absolute Gasteiger partial charge is 0.193 e. The Hall–Kier alpha value is -1.20. The summed E-state index contributed by atoms with van der Waals surface area (Å²) in [5, 5.41) is 8.76. The second-order valence-corrected chi connectivity index (χ2v) is 4.42. The lowest BCUT2D eigenvalue weighted by molar-refractivity contribution is 0.606. The highest BCUT2D eigenvalue weighted by Gasteiger charge is 2.15. The van der Waals surface area contributed by atoms with Crippen LogP contribution in [0, 0.1) is 11.3 Å². The molecule has 0 spiro atoms. The van der Waals surface area contributed by atoms with Gasteiger partial charge in [0.05, 0.1) is 6.07 Å². The lowest BCUT2D eigenvalue weighted by Crippen LogP contribution is -2.03. The quantitative estimate of drug-likeness (QED) is 0.710. The molecule has 0 saturated carbocycles. The van der Waals surface area contributed by atoms with Gasteiger partial charge in [-0.2, -0.15) is 5.26 Å². The summed E-state index contributed by atoms with van der Waals surface area (Å²) in [6.45, 7) is 0. The summed E-state index contributed by atoms with van der Waals surface area (Å²) in [6, 6.07) is 10.6. The number of allylic oxidation sites excluding steroid dienone is 2. The molecule has 15 heavy (non-hydrogen) atoms. The van der Waals surface area contributed by atoms with Crippen molar-refractivity contribution in [3.63, 3.8) is 0 Å². The predicted octanol–water partition coefficient (Wildman–Crippen LogP) is 3.69. The molecule has 1 aliphatic rings. The second kappa shape index (κ2) is 4.55. The van der Waals surface area contributed by atoms with Crippen molar-refractivity contribution in [2.75, 3.05) is 0 Å². The van der Waals surface area contributed by atoms with Gasteiger partial charge in [0.1, 0.15) is 0 Å². The van der Waals surface area contributed by atoms with Crippen molar-refractivity contribution in [1.82, 2.24) is 0 Å². The molecule has 1 aromatic carbocycles. The van der Waals surface area contributed by atoms with Crippen molar-refractivity contribution in [2.24, 2.45) is 0 Å². The molecular weight excluding hydrogens is 202 g/mol. The molecule has 0 bridgehead atoms. The van der Waals surface area contributed by atoms with E-state index in [1.54, 1.807) is 0 Å². The highest BCUT2D eigenvalue weighted by molar-refractivity contribution is 7.80. The summed E-state index contributed by atoms with van der Waals surface area (Å²) in [7, 11) is 0. The normalized spacial score (nSPS) is 20.5. The van der Waals surface area contributed by atoms with Gasteiger partial charge < -0.3 is 0 Å². The highest BCUT2D eigenvalue weighted by Crippen LogP contribution is 2.31. The maximum absolute atomic E-state index is 8.76. The van der Waals surface area contributed by atoms with Gasteiger partial charge in [-0.15, -0.1) is 12.6 Å². The van der Waals surface area contributed by atoms with Crippen molar-refractivity contribution < 1.29 is 0 Å². The van der Waals surface area contributed by atoms with Gasteiger partial charge in [-0.25, -0.2) is 0 Å². The molecule has 0 heterocycles.